The molecule has 2 fully saturated rings. The lowest BCUT2D eigenvalue weighted by atomic mass is 9.83. The summed E-state index contributed by atoms with van der Waals surface area (Å²) in [6.45, 7) is 11.7. The van der Waals surface area contributed by atoms with E-state index < -0.39 is 8.32 Å². The fraction of sp³-hybridized carbons (Fsp3) is 0.875. The molecule has 0 aromatic carbocycles. The van der Waals surface area contributed by atoms with Crippen LogP contribution in [-0.4, -0.2) is 43.7 Å². The zero-order chi connectivity index (χ0) is 16.5. The monoisotopic (exact) mass is 343 g/mol. The second-order valence-corrected chi connectivity index (χ2v) is 14.0. The van der Waals surface area contributed by atoms with Crippen LogP contribution in [0.2, 0.25) is 18.1 Å². The van der Waals surface area contributed by atoms with Gasteiger partial charge in [-0.1, -0.05) is 20.8 Å². The minimum Gasteiger partial charge on any atom is -0.417 e. The molecular weight excluding hydrogens is 314 g/mol. The SMILES string of the molecule is CC(C)(C)[Si](C)(C)OCC[C@@H]1C(=O)N[C@@H]1[C@H]1SCCCC1=O. The van der Waals surface area contributed by atoms with Gasteiger partial charge in [0.2, 0.25) is 5.91 Å². The van der Waals surface area contributed by atoms with Gasteiger partial charge in [0, 0.05) is 13.0 Å². The van der Waals surface area contributed by atoms with E-state index in [1.807, 2.05) is 0 Å². The Hall–Kier alpha value is -0.333. The molecule has 1 amide bonds. The number of ketones is 1. The first-order valence-corrected chi connectivity index (χ1v) is 12.2. The smallest absolute Gasteiger partial charge is 0.225 e. The maximum absolute atomic E-state index is 12.0. The van der Waals surface area contributed by atoms with Crippen LogP contribution in [0, 0.1) is 5.92 Å². The van der Waals surface area contributed by atoms with E-state index in [9.17, 15) is 9.59 Å². The fourth-order valence-electron chi connectivity index (χ4n) is 2.69. The van der Waals surface area contributed by atoms with Crippen LogP contribution in [0.1, 0.15) is 40.0 Å². The number of carbonyl (C=O) groups excluding carboxylic acids is 2. The average molecular weight is 344 g/mol. The van der Waals surface area contributed by atoms with Crippen LogP contribution in [0.4, 0.5) is 0 Å². The molecular formula is C16H29NO3SSi. The second-order valence-electron chi connectivity index (χ2n) is 7.90. The summed E-state index contributed by atoms with van der Waals surface area (Å²) in [5.41, 5.74) is 0. The number of nitrogens with one attached hydrogen (secondary N) is 1. The van der Waals surface area contributed by atoms with Crippen molar-refractivity contribution in [2.45, 2.75) is 69.5 Å². The van der Waals surface area contributed by atoms with E-state index in [-0.39, 0.29) is 28.2 Å². The first kappa shape index (κ1) is 18.0. The largest absolute Gasteiger partial charge is 0.417 e. The molecule has 0 saturated carbocycles. The molecule has 0 aromatic heterocycles. The first-order chi connectivity index (χ1) is 10.1. The first-order valence-electron chi connectivity index (χ1n) is 8.22. The molecule has 2 aliphatic heterocycles. The second kappa shape index (κ2) is 6.65. The molecule has 22 heavy (non-hydrogen) atoms. The van der Waals surface area contributed by atoms with Crippen molar-refractivity contribution in [3.63, 3.8) is 0 Å². The highest BCUT2D eigenvalue weighted by molar-refractivity contribution is 8.00. The lowest BCUT2D eigenvalue weighted by Crippen LogP contribution is -2.64. The van der Waals surface area contributed by atoms with Crippen LogP contribution in [0.25, 0.3) is 0 Å². The number of hydrogen-bond acceptors (Lipinski definition) is 4. The highest BCUT2D eigenvalue weighted by atomic mass is 32.2. The molecule has 2 aliphatic rings. The van der Waals surface area contributed by atoms with E-state index in [4.69, 9.17) is 4.43 Å². The molecule has 6 heteroatoms. The molecule has 4 nitrogen and oxygen atoms in total. The standard InChI is InChI=1S/C16H29NO3SSi/c1-16(2,3)22(4,5)20-9-8-11-13(17-15(11)19)14-12(18)7-6-10-21-14/h11,13-14H,6-10H2,1-5H3,(H,17,19)/t11-,13-,14-/m0/s1. The molecule has 2 saturated heterocycles. The molecule has 0 aliphatic carbocycles. The summed E-state index contributed by atoms with van der Waals surface area (Å²) in [5, 5.41) is 3.09. The minimum absolute atomic E-state index is 0.0216. The Labute approximate surface area is 139 Å². The summed E-state index contributed by atoms with van der Waals surface area (Å²) in [5.74, 6) is 1.36. The third kappa shape index (κ3) is 3.76. The summed E-state index contributed by atoms with van der Waals surface area (Å²) in [4.78, 5) is 23.9. The Bertz CT molecular complexity index is 447. The van der Waals surface area contributed by atoms with Crippen molar-refractivity contribution in [2.24, 2.45) is 5.92 Å². The predicted octanol–water partition coefficient (Wildman–Crippen LogP) is 2.98. The topological polar surface area (TPSA) is 55.4 Å². The summed E-state index contributed by atoms with van der Waals surface area (Å²) < 4.78 is 6.18. The van der Waals surface area contributed by atoms with Gasteiger partial charge in [-0.3, -0.25) is 9.59 Å². The lowest BCUT2D eigenvalue weighted by molar-refractivity contribution is -0.137. The number of hydrogen-bond donors (Lipinski definition) is 1. The van der Waals surface area contributed by atoms with E-state index >= 15 is 0 Å². The summed E-state index contributed by atoms with van der Waals surface area (Å²) in [6, 6.07) is 0.0216. The van der Waals surface area contributed by atoms with Gasteiger partial charge in [-0.25, -0.2) is 0 Å². The number of carbonyl (C=O) groups is 2. The van der Waals surface area contributed by atoms with Gasteiger partial charge in [0.15, 0.2) is 8.32 Å². The van der Waals surface area contributed by atoms with E-state index in [0.29, 0.717) is 18.8 Å². The van der Waals surface area contributed by atoms with Crippen molar-refractivity contribution in [3.05, 3.63) is 0 Å². The van der Waals surface area contributed by atoms with Crippen LogP contribution in [0.15, 0.2) is 0 Å². The van der Waals surface area contributed by atoms with Crippen molar-refractivity contribution in [1.29, 1.82) is 0 Å². The zero-order valence-corrected chi connectivity index (χ0v) is 16.2. The number of amides is 1. The zero-order valence-electron chi connectivity index (χ0n) is 14.4. The Morgan fingerprint density at radius 3 is 2.55 bits per heavy atom. The van der Waals surface area contributed by atoms with Crippen molar-refractivity contribution < 1.29 is 14.0 Å². The van der Waals surface area contributed by atoms with Gasteiger partial charge in [-0.2, -0.15) is 0 Å². The van der Waals surface area contributed by atoms with Gasteiger partial charge >= 0.3 is 0 Å². The Morgan fingerprint density at radius 2 is 2.00 bits per heavy atom. The highest BCUT2D eigenvalue weighted by Gasteiger charge is 2.47. The number of thioether (sulfide) groups is 1. The minimum atomic E-state index is -1.76. The predicted molar refractivity (Wildman–Crippen MR) is 93.7 cm³/mol. The van der Waals surface area contributed by atoms with Gasteiger partial charge < -0.3 is 9.74 Å². The Kier molecular flexibility index (Phi) is 5.45. The Balaban J connectivity index is 1.86. The molecule has 0 radical (unpaired) electrons. The molecule has 0 spiro atoms. The third-order valence-electron chi connectivity index (χ3n) is 5.29. The van der Waals surface area contributed by atoms with E-state index in [0.717, 1.165) is 18.6 Å². The van der Waals surface area contributed by atoms with Crippen molar-refractivity contribution in [2.75, 3.05) is 12.4 Å². The van der Waals surface area contributed by atoms with Gasteiger partial charge in [0.05, 0.1) is 17.2 Å². The molecule has 2 rings (SSSR count). The summed E-state index contributed by atoms with van der Waals surface area (Å²) in [6.07, 6.45) is 2.37. The number of rotatable bonds is 5. The molecule has 3 atom stereocenters. The highest BCUT2D eigenvalue weighted by Crippen LogP contribution is 2.38. The lowest BCUT2D eigenvalue weighted by Gasteiger charge is -2.43. The van der Waals surface area contributed by atoms with Crippen LogP contribution in [-0.2, 0) is 14.0 Å². The van der Waals surface area contributed by atoms with Gasteiger partial charge in [0.25, 0.3) is 0 Å². The molecule has 2 heterocycles. The molecule has 0 aromatic rings. The number of Topliss-reactive ketones (excluding diaryl/α,β-unsaturated/α-hetero) is 1. The van der Waals surface area contributed by atoms with Gasteiger partial charge in [-0.05, 0) is 36.7 Å². The van der Waals surface area contributed by atoms with Crippen molar-refractivity contribution >= 4 is 31.8 Å². The van der Waals surface area contributed by atoms with Crippen LogP contribution in [0.3, 0.4) is 0 Å². The maximum atomic E-state index is 12.0. The summed E-state index contributed by atoms with van der Waals surface area (Å²) in [7, 11) is -1.76. The molecule has 0 bridgehead atoms. The fourth-order valence-corrected chi connectivity index (χ4v) is 5.08. The van der Waals surface area contributed by atoms with Crippen molar-refractivity contribution in [1.82, 2.24) is 5.32 Å². The quantitative estimate of drug-likeness (QED) is 0.616. The molecule has 126 valence electrons. The third-order valence-corrected chi connectivity index (χ3v) is 11.3. The van der Waals surface area contributed by atoms with Gasteiger partial charge in [-0.15, -0.1) is 11.8 Å². The van der Waals surface area contributed by atoms with Crippen molar-refractivity contribution in [3.8, 4) is 0 Å². The van der Waals surface area contributed by atoms with E-state index in [1.54, 1.807) is 11.8 Å². The van der Waals surface area contributed by atoms with E-state index in [2.05, 4.69) is 39.2 Å². The van der Waals surface area contributed by atoms with E-state index in [1.165, 1.54) is 0 Å². The number of β-lactam (4-membered cyclic amide) rings is 1. The van der Waals surface area contributed by atoms with Gasteiger partial charge in [0.1, 0.15) is 5.78 Å². The molecule has 1 N–H and O–H groups in total. The van der Waals surface area contributed by atoms with Crippen LogP contribution in [0.5, 0.6) is 0 Å². The summed E-state index contributed by atoms with van der Waals surface area (Å²) >= 11 is 1.71. The van der Waals surface area contributed by atoms with Crippen LogP contribution < -0.4 is 5.32 Å². The maximum Gasteiger partial charge on any atom is 0.225 e. The Morgan fingerprint density at radius 1 is 1.32 bits per heavy atom. The van der Waals surface area contributed by atoms with Crippen LogP contribution >= 0.6 is 11.8 Å². The molecule has 0 unspecified atom stereocenters. The average Bonchev–Trinajstić information content (AvgIpc) is 2.40. The normalized spacial score (nSPS) is 30.0.